The largest absolute Gasteiger partial charge is 0.282 e. The molecule has 0 saturated carbocycles. The van der Waals surface area contributed by atoms with E-state index in [1.165, 1.54) is 11.1 Å². The standard InChI is InChI=1S/C14H25N2O2S/c1-11-9-12(7-8-13(11)14(2,3)4)16(5,6)10-19(15,17)18/h7-9H,10H2,1-6H3,(H2,15,17,18)/q+1. The van der Waals surface area contributed by atoms with Crippen LogP contribution in [0.3, 0.4) is 0 Å². The van der Waals surface area contributed by atoms with E-state index in [0.717, 1.165) is 5.69 Å². The highest BCUT2D eigenvalue weighted by molar-refractivity contribution is 7.89. The quantitative estimate of drug-likeness (QED) is 0.865. The molecular weight excluding hydrogens is 260 g/mol. The van der Waals surface area contributed by atoms with Gasteiger partial charge in [0.1, 0.15) is 5.69 Å². The number of benzene rings is 1. The number of hydrogen-bond acceptors (Lipinski definition) is 2. The Morgan fingerprint density at radius 1 is 1.21 bits per heavy atom. The summed E-state index contributed by atoms with van der Waals surface area (Å²) < 4.78 is 22.8. The molecule has 0 heterocycles. The number of quaternary nitrogens is 1. The summed E-state index contributed by atoms with van der Waals surface area (Å²) >= 11 is 0. The number of primary sulfonamides is 1. The fourth-order valence-corrected chi connectivity index (χ4v) is 3.44. The van der Waals surface area contributed by atoms with Gasteiger partial charge in [-0.05, 0) is 29.5 Å². The van der Waals surface area contributed by atoms with Crippen LogP contribution in [-0.4, -0.2) is 28.4 Å². The lowest BCUT2D eigenvalue weighted by molar-refractivity contribution is 0.448. The van der Waals surface area contributed by atoms with Crippen molar-refractivity contribution < 1.29 is 8.42 Å². The van der Waals surface area contributed by atoms with E-state index in [2.05, 4.69) is 33.8 Å². The fourth-order valence-electron chi connectivity index (χ4n) is 2.39. The van der Waals surface area contributed by atoms with Crippen LogP contribution in [0.15, 0.2) is 18.2 Å². The Bertz CT molecular complexity index is 570. The summed E-state index contributed by atoms with van der Waals surface area (Å²) in [4.78, 5) is 0. The smallest absolute Gasteiger partial charge is 0.260 e. The zero-order chi connectivity index (χ0) is 15.1. The van der Waals surface area contributed by atoms with Gasteiger partial charge in [0, 0.05) is 6.07 Å². The highest BCUT2D eigenvalue weighted by atomic mass is 32.2. The van der Waals surface area contributed by atoms with Gasteiger partial charge in [-0.25, -0.2) is 13.6 Å². The molecule has 0 amide bonds. The molecule has 0 aliphatic carbocycles. The first kappa shape index (κ1) is 16.1. The summed E-state index contributed by atoms with van der Waals surface area (Å²) in [6.45, 7) is 8.55. The van der Waals surface area contributed by atoms with Crippen molar-refractivity contribution in [1.82, 2.24) is 4.48 Å². The molecule has 0 atom stereocenters. The Hall–Kier alpha value is -0.910. The summed E-state index contributed by atoms with van der Waals surface area (Å²) in [6.07, 6.45) is 0. The highest BCUT2D eigenvalue weighted by Gasteiger charge is 2.26. The SMILES string of the molecule is Cc1cc([N+](C)(C)CS(N)(=O)=O)ccc1C(C)(C)C. The molecule has 2 N–H and O–H groups in total. The molecule has 108 valence electrons. The van der Waals surface area contributed by atoms with Crippen molar-refractivity contribution in [3.8, 4) is 0 Å². The normalized spacial score (nSPS) is 13.6. The van der Waals surface area contributed by atoms with Gasteiger partial charge in [0.05, 0.1) is 14.1 Å². The van der Waals surface area contributed by atoms with E-state index >= 15 is 0 Å². The van der Waals surface area contributed by atoms with Crippen molar-refractivity contribution in [2.75, 3.05) is 20.0 Å². The van der Waals surface area contributed by atoms with E-state index in [4.69, 9.17) is 5.14 Å². The first-order valence-electron chi connectivity index (χ1n) is 6.28. The van der Waals surface area contributed by atoms with Crippen LogP contribution in [-0.2, 0) is 15.4 Å². The van der Waals surface area contributed by atoms with E-state index in [1.54, 1.807) is 0 Å². The minimum atomic E-state index is -3.51. The molecule has 0 spiro atoms. The molecule has 0 bridgehead atoms. The van der Waals surface area contributed by atoms with Crippen LogP contribution in [0, 0.1) is 6.92 Å². The lowest BCUT2D eigenvalue weighted by atomic mass is 9.84. The van der Waals surface area contributed by atoms with Crippen molar-refractivity contribution >= 4 is 15.7 Å². The summed E-state index contributed by atoms with van der Waals surface area (Å²) in [6, 6.07) is 6.11. The van der Waals surface area contributed by atoms with Crippen molar-refractivity contribution in [3.63, 3.8) is 0 Å². The lowest BCUT2D eigenvalue weighted by Gasteiger charge is -2.30. The summed E-state index contributed by atoms with van der Waals surface area (Å²) in [5, 5.41) is 5.15. The first-order chi connectivity index (χ1) is 8.33. The van der Waals surface area contributed by atoms with Crippen LogP contribution < -0.4 is 9.62 Å². The van der Waals surface area contributed by atoms with Gasteiger partial charge in [0.25, 0.3) is 10.0 Å². The molecule has 19 heavy (non-hydrogen) atoms. The number of hydrogen-bond donors (Lipinski definition) is 1. The third-order valence-corrected chi connectivity index (χ3v) is 4.23. The number of nitrogens with zero attached hydrogens (tertiary/aromatic N) is 1. The maximum absolute atomic E-state index is 11.3. The average Bonchev–Trinajstić information content (AvgIpc) is 2.11. The number of aryl methyl sites for hydroxylation is 1. The molecule has 0 unspecified atom stereocenters. The topological polar surface area (TPSA) is 60.2 Å². The number of nitrogens with two attached hydrogens (primary N) is 1. The Morgan fingerprint density at radius 2 is 1.74 bits per heavy atom. The van der Waals surface area contributed by atoms with E-state index < -0.39 is 10.0 Å². The summed E-state index contributed by atoms with van der Waals surface area (Å²) in [7, 11) is 0.177. The second-order valence-corrected chi connectivity index (χ2v) is 8.31. The van der Waals surface area contributed by atoms with Gasteiger partial charge in [-0.15, -0.1) is 0 Å². The molecule has 0 aliphatic heterocycles. The van der Waals surface area contributed by atoms with E-state index in [0.29, 0.717) is 0 Å². The monoisotopic (exact) mass is 285 g/mol. The Kier molecular flexibility index (Phi) is 4.15. The molecule has 1 aromatic rings. The molecule has 0 aliphatic rings. The minimum Gasteiger partial charge on any atom is -0.282 e. The molecule has 0 saturated heterocycles. The summed E-state index contributed by atoms with van der Waals surface area (Å²) in [5.41, 5.74) is 3.47. The molecule has 1 aromatic carbocycles. The molecule has 4 nitrogen and oxygen atoms in total. The maximum atomic E-state index is 11.3. The van der Waals surface area contributed by atoms with Crippen LogP contribution in [0.4, 0.5) is 5.69 Å². The van der Waals surface area contributed by atoms with Crippen LogP contribution in [0.1, 0.15) is 31.9 Å². The molecule has 0 radical (unpaired) electrons. The van der Waals surface area contributed by atoms with Crippen molar-refractivity contribution in [2.45, 2.75) is 33.1 Å². The van der Waals surface area contributed by atoms with Gasteiger partial charge in [-0.1, -0.05) is 26.8 Å². The van der Waals surface area contributed by atoms with Gasteiger partial charge >= 0.3 is 0 Å². The van der Waals surface area contributed by atoms with E-state index in [-0.39, 0.29) is 15.8 Å². The van der Waals surface area contributed by atoms with Crippen LogP contribution >= 0.6 is 0 Å². The number of rotatable bonds is 3. The molecule has 5 heteroatoms. The van der Waals surface area contributed by atoms with Gasteiger partial charge in [0.15, 0.2) is 5.88 Å². The van der Waals surface area contributed by atoms with Crippen molar-refractivity contribution in [2.24, 2.45) is 5.14 Å². The maximum Gasteiger partial charge on any atom is 0.260 e. The number of sulfonamides is 1. The van der Waals surface area contributed by atoms with Crippen molar-refractivity contribution in [1.29, 1.82) is 0 Å². The zero-order valence-corrected chi connectivity index (χ0v) is 13.5. The molecular formula is C14H25N2O2S+. The predicted octanol–water partition coefficient (Wildman–Crippen LogP) is 2.11. The molecule has 0 aromatic heterocycles. The second kappa shape index (κ2) is 4.89. The van der Waals surface area contributed by atoms with E-state index in [9.17, 15) is 8.42 Å². The fraction of sp³-hybridized carbons (Fsp3) is 0.571. The van der Waals surface area contributed by atoms with Gasteiger partial charge in [0.2, 0.25) is 0 Å². The Labute approximate surface area is 116 Å². The third-order valence-electron chi connectivity index (χ3n) is 3.22. The van der Waals surface area contributed by atoms with Gasteiger partial charge in [-0.2, -0.15) is 0 Å². The van der Waals surface area contributed by atoms with Crippen LogP contribution in [0.2, 0.25) is 0 Å². The third kappa shape index (κ3) is 4.30. The second-order valence-electron chi connectivity index (χ2n) is 6.73. The lowest BCUT2D eigenvalue weighted by Crippen LogP contribution is -2.46. The molecule has 0 fully saturated rings. The Balaban J connectivity index is 3.21. The summed E-state index contributed by atoms with van der Waals surface area (Å²) in [5.74, 6) is -0.110. The Morgan fingerprint density at radius 3 is 2.11 bits per heavy atom. The van der Waals surface area contributed by atoms with Crippen LogP contribution in [0.25, 0.3) is 0 Å². The highest BCUT2D eigenvalue weighted by Crippen LogP contribution is 2.30. The minimum absolute atomic E-state index is 0.0830. The average molecular weight is 285 g/mol. The first-order valence-corrected chi connectivity index (χ1v) is 8.00. The predicted molar refractivity (Wildman–Crippen MR) is 81.5 cm³/mol. The van der Waals surface area contributed by atoms with Gasteiger partial charge < -0.3 is 0 Å². The molecule has 1 rings (SSSR count). The van der Waals surface area contributed by atoms with Gasteiger partial charge in [-0.3, -0.25) is 4.48 Å². The van der Waals surface area contributed by atoms with Crippen LogP contribution in [0.5, 0.6) is 0 Å². The van der Waals surface area contributed by atoms with E-state index in [1.807, 2.05) is 26.2 Å². The zero-order valence-electron chi connectivity index (χ0n) is 12.7. The van der Waals surface area contributed by atoms with Crippen molar-refractivity contribution in [3.05, 3.63) is 29.3 Å².